The van der Waals surface area contributed by atoms with Crippen LogP contribution in [0.25, 0.3) is 6.08 Å². The monoisotopic (exact) mass is 304 g/mol. The van der Waals surface area contributed by atoms with Gasteiger partial charge in [-0.1, -0.05) is 11.6 Å². The highest BCUT2D eigenvalue weighted by atomic mass is 35.5. The first-order valence-electron chi connectivity index (χ1n) is 5.94. The molecule has 0 bridgehead atoms. The molecule has 2 aromatic rings. The number of Topliss-reactive ketones (excluding diaryl/α,β-unsaturated/α-hetero) is 1. The maximum absolute atomic E-state index is 12.1. The highest BCUT2D eigenvalue weighted by Gasteiger charge is 2.27. The standard InChI is InChI=1S/C15H9ClO5/c16-10-3-7(4-11(18)15(10)20)5-13-14(19)9-2-1-8(17)6-12(9)21-13/h1-6,17-18,20H. The number of hydrogen-bond acceptors (Lipinski definition) is 5. The number of ketones is 1. The van der Waals surface area contributed by atoms with Crippen LogP contribution in [0.3, 0.4) is 0 Å². The van der Waals surface area contributed by atoms with E-state index in [1.807, 2.05) is 0 Å². The van der Waals surface area contributed by atoms with Gasteiger partial charge in [0.25, 0.3) is 0 Å². The van der Waals surface area contributed by atoms with E-state index in [4.69, 9.17) is 16.3 Å². The Kier molecular flexibility index (Phi) is 2.99. The van der Waals surface area contributed by atoms with Crippen LogP contribution in [0.5, 0.6) is 23.0 Å². The van der Waals surface area contributed by atoms with Crippen molar-refractivity contribution in [3.8, 4) is 23.0 Å². The third kappa shape index (κ3) is 2.28. The summed E-state index contributed by atoms with van der Waals surface area (Å²) >= 11 is 5.75. The number of carbonyl (C=O) groups excluding carboxylic acids is 1. The highest BCUT2D eigenvalue weighted by Crippen LogP contribution is 2.37. The van der Waals surface area contributed by atoms with Crippen molar-refractivity contribution in [1.82, 2.24) is 0 Å². The van der Waals surface area contributed by atoms with Gasteiger partial charge in [-0.05, 0) is 35.9 Å². The molecule has 1 aliphatic rings. The first-order valence-corrected chi connectivity index (χ1v) is 6.32. The van der Waals surface area contributed by atoms with Crippen molar-refractivity contribution >= 4 is 23.5 Å². The Balaban J connectivity index is 2.01. The van der Waals surface area contributed by atoms with Gasteiger partial charge in [-0.25, -0.2) is 0 Å². The van der Waals surface area contributed by atoms with E-state index in [1.165, 1.54) is 36.4 Å². The smallest absolute Gasteiger partial charge is 0.231 e. The number of allylic oxidation sites excluding steroid dienone is 1. The Morgan fingerprint density at radius 3 is 2.57 bits per heavy atom. The maximum atomic E-state index is 12.1. The summed E-state index contributed by atoms with van der Waals surface area (Å²) in [7, 11) is 0. The number of hydrogen-bond donors (Lipinski definition) is 3. The molecule has 0 atom stereocenters. The number of phenolic OH excluding ortho intramolecular Hbond substituents is 3. The van der Waals surface area contributed by atoms with Crippen molar-refractivity contribution in [2.45, 2.75) is 0 Å². The number of halogens is 1. The molecule has 106 valence electrons. The zero-order chi connectivity index (χ0) is 15.1. The second kappa shape index (κ2) is 4.71. The van der Waals surface area contributed by atoms with Crippen molar-refractivity contribution in [2.24, 2.45) is 0 Å². The normalized spacial score (nSPS) is 15.1. The lowest BCUT2D eigenvalue weighted by molar-refractivity contribution is 0.101. The Bertz CT molecular complexity index is 772. The van der Waals surface area contributed by atoms with Crippen LogP contribution in [-0.4, -0.2) is 21.1 Å². The summed E-state index contributed by atoms with van der Waals surface area (Å²) in [5.74, 6) is -0.862. The molecule has 0 radical (unpaired) electrons. The first-order chi connectivity index (χ1) is 9.95. The molecule has 0 spiro atoms. The Morgan fingerprint density at radius 1 is 1.10 bits per heavy atom. The molecule has 0 fully saturated rings. The van der Waals surface area contributed by atoms with E-state index in [9.17, 15) is 20.1 Å². The Morgan fingerprint density at radius 2 is 1.86 bits per heavy atom. The van der Waals surface area contributed by atoms with Gasteiger partial charge in [-0.2, -0.15) is 0 Å². The van der Waals surface area contributed by atoms with Gasteiger partial charge in [0.2, 0.25) is 5.78 Å². The van der Waals surface area contributed by atoms with E-state index in [2.05, 4.69) is 0 Å². The van der Waals surface area contributed by atoms with Crippen LogP contribution < -0.4 is 4.74 Å². The number of benzene rings is 2. The van der Waals surface area contributed by atoms with Gasteiger partial charge in [0.15, 0.2) is 17.3 Å². The van der Waals surface area contributed by atoms with Gasteiger partial charge in [0.1, 0.15) is 11.5 Å². The lowest BCUT2D eigenvalue weighted by Gasteiger charge is -2.03. The molecule has 0 saturated carbocycles. The molecule has 1 heterocycles. The summed E-state index contributed by atoms with van der Waals surface area (Å²) in [4.78, 5) is 12.1. The van der Waals surface area contributed by atoms with Crippen molar-refractivity contribution < 1.29 is 24.9 Å². The summed E-state index contributed by atoms with van der Waals surface area (Å²) in [5.41, 5.74) is 0.740. The molecule has 5 nitrogen and oxygen atoms in total. The Hall–Kier alpha value is -2.66. The zero-order valence-electron chi connectivity index (χ0n) is 10.5. The predicted octanol–water partition coefficient (Wildman–Crippen LogP) is 3.07. The molecular weight excluding hydrogens is 296 g/mol. The van der Waals surface area contributed by atoms with Crippen LogP contribution in [0.1, 0.15) is 15.9 Å². The van der Waals surface area contributed by atoms with E-state index in [0.717, 1.165) is 0 Å². The minimum absolute atomic E-state index is 0.00637. The van der Waals surface area contributed by atoms with Gasteiger partial charge in [-0.3, -0.25) is 4.79 Å². The van der Waals surface area contributed by atoms with Gasteiger partial charge < -0.3 is 20.1 Å². The van der Waals surface area contributed by atoms with Crippen LogP contribution in [0.15, 0.2) is 36.1 Å². The molecule has 1 aliphatic heterocycles. The molecule has 3 rings (SSSR count). The molecule has 2 aromatic carbocycles. The largest absolute Gasteiger partial charge is 0.508 e. The molecule has 0 amide bonds. The minimum Gasteiger partial charge on any atom is -0.508 e. The summed E-state index contributed by atoms with van der Waals surface area (Å²) in [6.45, 7) is 0. The first kappa shape index (κ1) is 13.3. The van der Waals surface area contributed by atoms with Crippen LogP contribution in [0.4, 0.5) is 0 Å². The van der Waals surface area contributed by atoms with E-state index in [0.29, 0.717) is 11.1 Å². The summed E-state index contributed by atoms with van der Waals surface area (Å²) in [6.07, 6.45) is 1.39. The SMILES string of the molecule is O=C1C(=Cc2cc(O)c(O)c(Cl)c2)Oc2cc(O)ccc21. The van der Waals surface area contributed by atoms with Gasteiger partial charge in [-0.15, -0.1) is 0 Å². The van der Waals surface area contributed by atoms with Crippen molar-refractivity contribution in [1.29, 1.82) is 0 Å². The number of phenols is 3. The molecule has 0 saturated heterocycles. The number of rotatable bonds is 1. The number of ether oxygens (including phenoxy) is 1. The van der Waals surface area contributed by atoms with Crippen molar-refractivity contribution in [3.63, 3.8) is 0 Å². The van der Waals surface area contributed by atoms with Crippen LogP contribution in [-0.2, 0) is 0 Å². The minimum atomic E-state index is -0.425. The average molecular weight is 305 g/mol. The second-order valence-electron chi connectivity index (χ2n) is 4.49. The van der Waals surface area contributed by atoms with E-state index < -0.39 is 11.5 Å². The molecule has 3 N–H and O–H groups in total. The summed E-state index contributed by atoms with van der Waals surface area (Å²) in [5, 5.41) is 28.2. The maximum Gasteiger partial charge on any atom is 0.231 e. The summed E-state index contributed by atoms with van der Waals surface area (Å²) in [6, 6.07) is 6.85. The quantitative estimate of drug-likeness (QED) is 0.557. The summed E-state index contributed by atoms with van der Waals surface area (Å²) < 4.78 is 5.38. The van der Waals surface area contributed by atoms with Crippen molar-refractivity contribution in [2.75, 3.05) is 0 Å². The fraction of sp³-hybridized carbons (Fsp3) is 0. The third-order valence-electron chi connectivity index (χ3n) is 3.02. The molecule has 0 aliphatic carbocycles. The van der Waals surface area contributed by atoms with E-state index in [-0.39, 0.29) is 28.1 Å². The number of aromatic hydroxyl groups is 3. The zero-order valence-corrected chi connectivity index (χ0v) is 11.3. The highest BCUT2D eigenvalue weighted by molar-refractivity contribution is 6.32. The second-order valence-corrected chi connectivity index (χ2v) is 4.90. The van der Waals surface area contributed by atoms with Crippen LogP contribution >= 0.6 is 11.6 Å². The van der Waals surface area contributed by atoms with Gasteiger partial charge in [0, 0.05) is 6.07 Å². The van der Waals surface area contributed by atoms with Crippen LogP contribution in [0.2, 0.25) is 5.02 Å². The molecule has 21 heavy (non-hydrogen) atoms. The fourth-order valence-electron chi connectivity index (χ4n) is 2.02. The molecule has 6 heteroatoms. The van der Waals surface area contributed by atoms with E-state index in [1.54, 1.807) is 0 Å². The third-order valence-corrected chi connectivity index (χ3v) is 3.31. The lowest BCUT2D eigenvalue weighted by Crippen LogP contribution is -1.98. The molecule has 0 unspecified atom stereocenters. The van der Waals surface area contributed by atoms with Crippen molar-refractivity contribution in [3.05, 3.63) is 52.2 Å². The van der Waals surface area contributed by atoms with Gasteiger partial charge in [0.05, 0.1) is 10.6 Å². The molecular formula is C15H9ClO5. The lowest BCUT2D eigenvalue weighted by atomic mass is 10.1. The average Bonchev–Trinajstić information content (AvgIpc) is 2.72. The van der Waals surface area contributed by atoms with E-state index >= 15 is 0 Å². The topological polar surface area (TPSA) is 87.0 Å². The fourth-order valence-corrected chi connectivity index (χ4v) is 2.24. The molecule has 0 aromatic heterocycles. The number of fused-ring (bicyclic) bond motifs is 1. The van der Waals surface area contributed by atoms with Gasteiger partial charge >= 0.3 is 0 Å². The number of carbonyl (C=O) groups is 1. The van der Waals surface area contributed by atoms with Crippen LogP contribution in [0, 0.1) is 0 Å². The Labute approximate surface area is 124 Å². The predicted molar refractivity (Wildman–Crippen MR) is 75.8 cm³/mol.